The van der Waals surface area contributed by atoms with Crippen LogP contribution in [-0.4, -0.2) is 0 Å². The highest BCUT2D eigenvalue weighted by molar-refractivity contribution is 5.98. The number of rotatable bonds is 1. The first-order valence-electron chi connectivity index (χ1n) is 5.92. The van der Waals surface area contributed by atoms with Crippen LogP contribution < -0.4 is 0 Å². The van der Waals surface area contributed by atoms with E-state index in [1.165, 1.54) is 27.1 Å². The Hall–Kier alpha value is -2.08. The molecule has 0 aliphatic heterocycles. The third-order valence-electron chi connectivity index (χ3n) is 3.09. The molecule has 0 heteroatoms. The molecule has 0 amide bonds. The fraction of sp³-hybridized carbons (Fsp3) is 0.0588. The standard InChI is InChI=1S/C17H14/c1-2-5-13-8-9-16-11-14-6-3-4-7-15(14)12-17(16)10-13/h2-12H,1H3/b5-2+. The molecule has 0 atom stereocenters. The van der Waals surface area contributed by atoms with Crippen molar-refractivity contribution in [2.24, 2.45) is 0 Å². The van der Waals surface area contributed by atoms with Crippen molar-refractivity contribution in [1.82, 2.24) is 0 Å². The molecule has 0 N–H and O–H groups in total. The van der Waals surface area contributed by atoms with Crippen LogP contribution in [0.1, 0.15) is 12.5 Å². The zero-order chi connectivity index (χ0) is 11.7. The summed E-state index contributed by atoms with van der Waals surface area (Å²) < 4.78 is 0. The highest BCUT2D eigenvalue weighted by atomic mass is 14.0. The lowest BCUT2D eigenvalue weighted by atomic mass is 10.0. The average Bonchev–Trinajstić information content (AvgIpc) is 2.36. The molecule has 0 saturated heterocycles. The van der Waals surface area contributed by atoms with Gasteiger partial charge in [0, 0.05) is 0 Å². The number of hydrogen-bond donors (Lipinski definition) is 0. The van der Waals surface area contributed by atoms with E-state index in [2.05, 4.69) is 66.7 Å². The van der Waals surface area contributed by atoms with E-state index in [4.69, 9.17) is 0 Å². The molecule has 0 aliphatic carbocycles. The second-order valence-corrected chi connectivity index (χ2v) is 4.31. The molecule has 82 valence electrons. The summed E-state index contributed by atoms with van der Waals surface area (Å²) in [6.07, 6.45) is 4.21. The fourth-order valence-electron chi connectivity index (χ4n) is 2.25. The topological polar surface area (TPSA) is 0 Å². The van der Waals surface area contributed by atoms with E-state index in [9.17, 15) is 0 Å². The Kier molecular flexibility index (Phi) is 2.41. The van der Waals surface area contributed by atoms with Gasteiger partial charge < -0.3 is 0 Å². The number of hydrogen-bond acceptors (Lipinski definition) is 0. The predicted octanol–water partition coefficient (Wildman–Crippen LogP) is 5.03. The van der Waals surface area contributed by atoms with Gasteiger partial charge in [-0.2, -0.15) is 0 Å². The van der Waals surface area contributed by atoms with Crippen LogP contribution in [0.2, 0.25) is 0 Å². The largest absolute Gasteiger partial charge is 0.0871 e. The third-order valence-corrected chi connectivity index (χ3v) is 3.09. The maximum Gasteiger partial charge on any atom is -0.0172 e. The van der Waals surface area contributed by atoms with Crippen molar-refractivity contribution >= 4 is 27.6 Å². The number of benzene rings is 3. The lowest BCUT2D eigenvalue weighted by Gasteiger charge is -2.03. The summed E-state index contributed by atoms with van der Waals surface area (Å²) in [5.41, 5.74) is 1.26. The van der Waals surface area contributed by atoms with Gasteiger partial charge in [0.25, 0.3) is 0 Å². The van der Waals surface area contributed by atoms with Crippen LogP contribution in [0.4, 0.5) is 0 Å². The summed E-state index contributed by atoms with van der Waals surface area (Å²) in [7, 11) is 0. The maximum atomic E-state index is 2.26. The third kappa shape index (κ3) is 1.83. The highest BCUT2D eigenvalue weighted by Gasteiger charge is 1.97. The monoisotopic (exact) mass is 218 g/mol. The van der Waals surface area contributed by atoms with Gasteiger partial charge >= 0.3 is 0 Å². The van der Waals surface area contributed by atoms with Crippen LogP contribution in [0.3, 0.4) is 0 Å². The first-order chi connectivity index (χ1) is 8.36. The summed E-state index contributed by atoms with van der Waals surface area (Å²) in [6.45, 7) is 2.05. The summed E-state index contributed by atoms with van der Waals surface area (Å²) >= 11 is 0. The summed E-state index contributed by atoms with van der Waals surface area (Å²) in [6, 6.07) is 19.6. The SMILES string of the molecule is C/C=C/c1ccc2cc3ccccc3cc2c1. The molecule has 0 saturated carbocycles. The van der Waals surface area contributed by atoms with Crippen molar-refractivity contribution in [3.05, 3.63) is 66.2 Å². The van der Waals surface area contributed by atoms with Gasteiger partial charge in [-0.1, -0.05) is 48.6 Å². The van der Waals surface area contributed by atoms with Crippen molar-refractivity contribution in [1.29, 1.82) is 0 Å². The van der Waals surface area contributed by atoms with E-state index in [0.717, 1.165) is 0 Å². The highest BCUT2D eigenvalue weighted by Crippen LogP contribution is 2.24. The van der Waals surface area contributed by atoms with Gasteiger partial charge in [0.2, 0.25) is 0 Å². The lowest BCUT2D eigenvalue weighted by molar-refractivity contribution is 1.70. The Morgan fingerprint density at radius 2 is 1.35 bits per heavy atom. The molecule has 0 radical (unpaired) electrons. The number of allylic oxidation sites excluding steroid dienone is 1. The minimum atomic E-state index is 1.26. The van der Waals surface area contributed by atoms with Gasteiger partial charge in [-0.3, -0.25) is 0 Å². The van der Waals surface area contributed by atoms with Gasteiger partial charge in [-0.05, 0) is 52.2 Å². The van der Waals surface area contributed by atoms with Crippen LogP contribution in [0.25, 0.3) is 27.6 Å². The quantitative estimate of drug-likeness (QED) is 0.503. The first kappa shape index (κ1) is 10.1. The van der Waals surface area contributed by atoms with Gasteiger partial charge in [-0.25, -0.2) is 0 Å². The lowest BCUT2D eigenvalue weighted by Crippen LogP contribution is -1.78. The molecular weight excluding hydrogens is 204 g/mol. The van der Waals surface area contributed by atoms with Crippen LogP contribution in [0.5, 0.6) is 0 Å². The Morgan fingerprint density at radius 1 is 0.706 bits per heavy atom. The van der Waals surface area contributed by atoms with Crippen molar-refractivity contribution in [2.45, 2.75) is 6.92 Å². The zero-order valence-corrected chi connectivity index (χ0v) is 9.85. The van der Waals surface area contributed by atoms with E-state index in [-0.39, 0.29) is 0 Å². The molecule has 3 aromatic rings. The van der Waals surface area contributed by atoms with Gasteiger partial charge in [0.15, 0.2) is 0 Å². The molecule has 0 fully saturated rings. The van der Waals surface area contributed by atoms with E-state index in [1.807, 2.05) is 6.92 Å². The molecule has 0 aromatic heterocycles. The van der Waals surface area contributed by atoms with Crippen molar-refractivity contribution in [3.8, 4) is 0 Å². The average molecular weight is 218 g/mol. The molecule has 0 heterocycles. The second-order valence-electron chi connectivity index (χ2n) is 4.31. The molecule has 17 heavy (non-hydrogen) atoms. The molecule has 3 rings (SSSR count). The minimum absolute atomic E-state index is 1.26. The van der Waals surface area contributed by atoms with Crippen LogP contribution in [0, 0.1) is 0 Å². The Bertz CT molecular complexity index is 705. The van der Waals surface area contributed by atoms with Crippen molar-refractivity contribution in [3.63, 3.8) is 0 Å². The molecule has 0 nitrogen and oxygen atoms in total. The Balaban J connectivity index is 2.32. The van der Waals surface area contributed by atoms with Gasteiger partial charge in [0.1, 0.15) is 0 Å². The predicted molar refractivity (Wildman–Crippen MR) is 76.2 cm³/mol. The van der Waals surface area contributed by atoms with E-state index in [0.29, 0.717) is 0 Å². The minimum Gasteiger partial charge on any atom is -0.0871 e. The molecule has 0 bridgehead atoms. The first-order valence-corrected chi connectivity index (χ1v) is 5.92. The maximum absolute atomic E-state index is 2.26. The zero-order valence-electron chi connectivity index (χ0n) is 9.85. The normalized spacial score (nSPS) is 11.6. The molecule has 0 aliphatic rings. The van der Waals surface area contributed by atoms with E-state index in [1.54, 1.807) is 0 Å². The van der Waals surface area contributed by atoms with Gasteiger partial charge in [0.05, 0.1) is 0 Å². The van der Waals surface area contributed by atoms with Crippen LogP contribution >= 0.6 is 0 Å². The van der Waals surface area contributed by atoms with Crippen LogP contribution in [0.15, 0.2) is 60.7 Å². The molecular formula is C17H14. The van der Waals surface area contributed by atoms with Crippen molar-refractivity contribution < 1.29 is 0 Å². The van der Waals surface area contributed by atoms with Crippen molar-refractivity contribution in [2.75, 3.05) is 0 Å². The molecule has 3 aromatic carbocycles. The smallest absolute Gasteiger partial charge is 0.0172 e. The summed E-state index contributed by atoms with van der Waals surface area (Å²) in [5, 5.41) is 5.22. The number of fused-ring (bicyclic) bond motifs is 2. The van der Waals surface area contributed by atoms with E-state index < -0.39 is 0 Å². The van der Waals surface area contributed by atoms with Gasteiger partial charge in [-0.15, -0.1) is 0 Å². The Labute approximate surface area is 101 Å². The summed E-state index contributed by atoms with van der Waals surface area (Å²) in [5.74, 6) is 0. The summed E-state index contributed by atoms with van der Waals surface area (Å²) in [4.78, 5) is 0. The molecule has 0 unspecified atom stereocenters. The molecule has 0 spiro atoms. The van der Waals surface area contributed by atoms with E-state index >= 15 is 0 Å². The Morgan fingerprint density at radius 3 is 2.06 bits per heavy atom. The van der Waals surface area contributed by atoms with Crippen LogP contribution in [-0.2, 0) is 0 Å². The fourth-order valence-corrected chi connectivity index (χ4v) is 2.25. The second kappa shape index (κ2) is 4.06.